The second-order valence-corrected chi connectivity index (χ2v) is 8.64. The third kappa shape index (κ3) is 3.60. The van der Waals surface area contributed by atoms with Crippen molar-refractivity contribution in [3.63, 3.8) is 0 Å². The number of halogens is 5. The van der Waals surface area contributed by atoms with Crippen molar-refractivity contribution < 1.29 is 32.3 Å². The standard InChI is InChI=1S/C24H16ClF4N3O3/c25-16-6-2-1-4-13(16)20-19-14(21(33)31-20)5-3-7-17(19)30-22(34)32-11-23(35,24(27,28)29)15-10-12(26)8-9-18(15)32/h1-10,20,35H,11H2,(H,30,34)(H,31,33)/t20-,23-/m0/s1. The number of hydrogen-bond acceptors (Lipinski definition) is 3. The Morgan fingerprint density at radius 2 is 1.89 bits per heavy atom. The van der Waals surface area contributed by atoms with E-state index in [-0.39, 0.29) is 16.9 Å². The summed E-state index contributed by atoms with van der Waals surface area (Å²) >= 11 is 6.31. The lowest BCUT2D eigenvalue weighted by molar-refractivity contribution is -0.258. The van der Waals surface area contributed by atoms with Gasteiger partial charge in [0, 0.05) is 27.4 Å². The number of hydrogen-bond donors (Lipinski definition) is 3. The summed E-state index contributed by atoms with van der Waals surface area (Å²) in [4.78, 5) is 26.4. The third-order valence-electron chi connectivity index (χ3n) is 6.17. The molecular formula is C24H16ClF4N3O3. The van der Waals surface area contributed by atoms with Crippen LogP contribution >= 0.6 is 11.6 Å². The maximum atomic E-state index is 13.7. The zero-order valence-electron chi connectivity index (χ0n) is 17.7. The van der Waals surface area contributed by atoms with Crippen LogP contribution in [0.15, 0.2) is 60.7 Å². The molecule has 0 aromatic heterocycles. The number of alkyl halides is 3. The molecule has 2 aliphatic rings. The van der Waals surface area contributed by atoms with Gasteiger partial charge in [0.2, 0.25) is 5.60 Å². The van der Waals surface area contributed by atoms with Gasteiger partial charge in [-0.3, -0.25) is 9.69 Å². The van der Waals surface area contributed by atoms with E-state index in [0.29, 0.717) is 27.1 Å². The Balaban J connectivity index is 1.53. The summed E-state index contributed by atoms with van der Waals surface area (Å²) < 4.78 is 54.9. The monoisotopic (exact) mass is 505 g/mol. The van der Waals surface area contributed by atoms with E-state index in [0.717, 1.165) is 12.1 Å². The summed E-state index contributed by atoms with van der Waals surface area (Å²) in [5.41, 5.74) is -3.10. The van der Waals surface area contributed by atoms with Gasteiger partial charge >= 0.3 is 12.2 Å². The fraction of sp³-hybridized carbons (Fsp3) is 0.167. The van der Waals surface area contributed by atoms with Gasteiger partial charge in [0.25, 0.3) is 5.91 Å². The maximum absolute atomic E-state index is 13.7. The van der Waals surface area contributed by atoms with E-state index in [9.17, 15) is 32.3 Å². The van der Waals surface area contributed by atoms with Crippen LogP contribution in [0.25, 0.3) is 0 Å². The lowest BCUT2D eigenvalue weighted by Gasteiger charge is -2.27. The quantitative estimate of drug-likeness (QED) is 0.423. The molecule has 180 valence electrons. The summed E-state index contributed by atoms with van der Waals surface area (Å²) in [6, 6.07) is 12.1. The molecule has 3 amide bonds. The molecule has 3 N–H and O–H groups in total. The second-order valence-electron chi connectivity index (χ2n) is 8.23. The normalized spacial score (nSPS) is 20.9. The van der Waals surface area contributed by atoms with Crippen molar-refractivity contribution in [3.05, 3.63) is 93.8 Å². The number of amides is 3. The molecule has 6 nitrogen and oxygen atoms in total. The molecule has 0 saturated heterocycles. The zero-order valence-corrected chi connectivity index (χ0v) is 18.4. The molecule has 0 unspecified atom stereocenters. The molecule has 2 atom stereocenters. The second kappa shape index (κ2) is 7.96. The van der Waals surface area contributed by atoms with Gasteiger partial charge in [-0.2, -0.15) is 13.2 Å². The third-order valence-corrected chi connectivity index (χ3v) is 6.51. The van der Waals surface area contributed by atoms with E-state index in [2.05, 4.69) is 10.6 Å². The van der Waals surface area contributed by atoms with Crippen molar-refractivity contribution >= 4 is 34.9 Å². The van der Waals surface area contributed by atoms with Crippen LogP contribution in [0.5, 0.6) is 0 Å². The first-order valence-electron chi connectivity index (χ1n) is 10.4. The zero-order chi connectivity index (χ0) is 25.1. The fourth-order valence-electron chi connectivity index (χ4n) is 4.49. The number of nitrogens with one attached hydrogen (secondary N) is 2. The fourth-order valence-corrected chi connectivity index (χ4v) is 4.73. The number of carbonyl (C=O) groups excluding carboxylic acids is 2. The Hall–Kier alpha value is -3.63. The highest BCUT2D eigenvalue weighted by atomic mass is 35.5. The largest absolute Gasteiger partial charge is 0.423 e. The molecular weight excluding hydrogens is 490 g/mol. The van der Waals surface area contributed by atoms with Crippen molar-refractivity contribution in [1.29, 1.82) is 0 Å². The topological polar surface area (TPSA) is 81.7 Å². The van der Waals surface area contributed by atoms with E-state index in [4.69, 9.17) is 11.6 Å². The Morgan fingerprint density at radius 3 is 2.60 bits per heavy atom. The number of benzene rings is 3. The highest BCUT2D eigenvalue weighted by molar-refractivity contribution is 6.31. The molecule has 0 aliphatic carbocycles. The van der Waals surface area contributed by atoms with Gasteiger partial charge in [-0.25, -0.2) is 9.18 Å². The van der Waals surface area contributed by atoms with Crippen LogP contribution in [0, 0.1) is 5.82 Å². The van der Waals surface area contributed by atoms with Gasteiger partial charge in [0.1, 0.15) is 5.82 Å². The molecule has 2 aliphatic heterocycles. The van der Waals surface area contributed by atoms with Crippen LogP contribution in [0.4, 0.5) is 33.7 Å². The van der Waals surface area contributed by atoms with Gasteiger partial charge < -0.3 is 15.7 Å². The van der Waals surface area contributed by atoms with E-state index < -0.39 is 47.7 Å². The number of anilines is 2. The first-order valence-corrected chi connectivity index (χ1v) is 10.7. The first kappa shape index (κ1) is 23.1. The Labute approximate surface area is 201 Å². The highest BCUT2D eigenvalue weighted by Crippen LogP contribution is 2.49. The minimum absolute atomic E-state index is 0.168. The number of urea groups is 1. The van der Waals surface area contributed by atoms with Crippen molar-refractivity contribution in [3.8, 4) is 0 Å². The minimum atomic E-state index is -5.16. The lowest BCUT2D eigenvalue weighted by atomic mass is 9.95. The van der Waals surface area contributed by atoms with Crippen molar-refractivity contribution in [1.82, 2.24) is 5.32 Å². The number of carbonyl (C=O) groups is 2. The average molecular weight is 506 g/mol. The van der Waals surface area contributed by atoms with Gasteiger partial charge in [0.15, 0.2) is 0 Å². The Morgan fingerprint density at radius 1 is 1.14 bits per heavy atom. The van der Waals surface area contributed by atoms with Gasteiger partial charge in [-0.1, -0.05) is 35.9 Å². The SMILES string of the molecule is O=C1N[C@@H](c2ccccc2Cl)c2c(NC(=O)N3C[C@@](O)(C(F)(F)F)c4cc(F)ccc43)cccc21. The van der Waals surface area contributed by atoms with Gasteiger partial charge in [-0.15, -0.1) is 0 Å². The average Bonchev–Trinajstić information content (AvgIpc) is 3.30. The smallest absolute Gasteiger partial charge is 0.375 e. The minimum Gasteiger partial charge on any atom is -0.375 e. The molecule has 11 heteroatoms. The van der Waals surface area contributed by atoms with Crippen LogP contribution in [-0.2, 0) is 5.60 Å². The van der Waals surface area contributed by atoms with E-state index in [1.54, 1.807) is 30.3 Å². The molecule has 0 spiro atoms. The predicted octanol–water partition coefficient (Wildman–Crippen LogP) is 5.11. The summed E-state index contributed by atoms with van der Waals surface area (Å²) in [5, 5.41) is 16.1. The van der Waals surface area contributed by atoms with E-state index >= 15 is 0 Å². The molecule has 0 radical (unpaired) electrons. The maximum Gasteiger partial charge on any atom is 0.423 e. The number of rotatable bonds is 2. The molecule has 0 bridgehead atoms. The molecule has 3 aromatic carbocycles. The van der Waals surface area contributed by atoms with Crippen LogP contribution < -0.4 is 15.5 Å². The highest BCUT2D eigenvalue weighted by Gasteiger charge is 2.61. The van der Waals surface area contributed by atoms with Crippen LogP contribution in [0.1, 0.15) is 33.1 Å². The van der Waals surface area contributed by atoms with Gasteiger partial charge in [0.05, 0.1) is 18.3 Å². The summed E-state index contributed by atoms with van der Waals surface area (Å²) in [6.07, 6.45) is -5.16. The summed E-state index contributed by atoms with van der Waals surface area (Å²) in [5.74, 6) is -1.39. The van der Waals surface area contributed by atoms with Crippen molar-refractivity contribution in [2.45, 2.75) is 17.8 Å². The summed E-state index contributed by atoms with van der Waals surface area (Å²) in [6.45, 7) is -1.17. The van der Waals surface area contributed by atoms with E-state index in [1.807, 2.05) is 0 Å². The molecule has 35 heavy (non-hydrogen) atoms. The number of nitrogens with zero attached hydrogens (tertiary/aromatic N) is 1. The summed E-state index contributed by atoms with van der Waals surface area (Å²) in [7, 11) is 0. The Bertz CT molecular complexity index is 1380. The van der Waals surface area contributed by atoms with Crippen LogP contribution in [0.2, 0.25) is 5.02 Å². The van der Waals surface area contributed by atoms with Crippen LogP contribution in [0.3, 0.4) is 0 Å². The van der Waals surface area contributed by atoms with E-state index in [1.165, 1.54) is 12.1 Å². The molecule has 3 aromatic rings. The molecule has 2 heterocycles. The molecule has 0 fully saturated rings. The molecule has 0 saturated carbocycles. The molecule has 5 rings (SSSR count). The lowest BCUT2D eigenvalue weighted by Crippen LogP contribution is -2.48. The van der Waals surface area contributed by atoms with Crippen LogP contribution in [-0.4, -0.2) is 29.8 Å². The first-order chi connectivity index (χ1) is 16.5. The van der Waals surface area contributed by atoms with Gasteiger partial charge in [-0.05, 0) is 42.0 Å². The Kier molecular flexibility index (Phi) is 5.26. The van der Waals surface area contributed by atoms with Crippen molar-refractivity contribution in [2.24, 2.45) is 0 Å². The predicted molar refractivity (Wildman–Crippen MR) is 120 cm³/mol. The van der Waals surface area contributed by atoms with Crippen molar-refractivity contribution in [2.75, 3.05) is 16.8 Å². The number of β-amino-alcohol motifs (C(OH)–C–C–N with tert-alkyl or cyclic N) is 1. The number of aliphatic hydroxyl groups is 1. The number of fused-ring (bicyclic) bond motifs is 2.